The van der Waals surface area contributed by atoms with Crippen molar-refractivity contribution < 1.29 is 9.31 Å². The first-order chi connectivity index (χ1) is 14.4. The number of nitro groups is 1. The number of tetrazole rings is 1. The van der Waals surface area contributed by atoms with Crippen LogP contribution in [-0.4, -0.2) is 39.9 Å². The summed E-state index contributed by atoms with van der Waals surface area (Å²) in [6, 6.07) is 11.9. The van der Waals surface area contributed by atoms with Crippen molar-refractivity contribution in [3.8, 4) is 5.69 Å². The Kier molecular flexibility index (Phi) is 5.23. The van der Waals surface area contributed by atoms with Gasteiger partial charge in [0.15, 0.2) is 0 Å². The monoisotopic (exact) mass is 426 g/mol. The highest BCUT2D eigenvalue weighted by molar-refractivity contribution is 7.99. The standard InChI is InChI=1S/C18H15FN8O2S/c1-11-7-8-14(9-12(11)2)26-18(21-23-24-26)30-17-20-16(27(28)29)22-25(17)10-13-5-3-4-6-15(13)19/h3-9H,10H2,1-2H3. The summed E-state index contributed by atoms with van der Waals surface area (Å²) in [5, 5.41) is 27.3. The van der Waals surface area contributed by atoms with Gasteiger partial charge in [-0.25, -0.2) is 4.39 Å². The van der Waals surface area contributed by atoms with Crippen molar-refractivity contribution in [1.29, 1.82) is 0 Å². The molecular weight excluding hydrogens is 411 g/mol. The van der Waals surface area contributed by atoms with Gasteiger partial charge in [0.2, 0.25) is 5.16 Å². The van der Waals surface area contributed by atoms with Gasteiger partial charge in [-0.05, 0) is 63.5 Å². The molecule has 4 rings (SSSR count). The van der Waals surface area contributed by atoms with Crippen LogP contribution in [0.1, 0.15) is 16.7 Å². The number of nitrogens with zero attached hydrogens (tertiary/aromatic N) is 8. The molecule has 0 N–H and O–H groups in total. The van der Waals surface area contributed by atoms with Crippen molar-refractivity contribution in [1.82, 2.24) is 35.0 Å². The first-order valence-electron chi connectivity index (χ1n) is 8.79. The van der Waals surface area contributed by atoms with Crippen LogP contribution < -0.4 is 0 Å². The Morgan fingerprint density at radius 2 is 1.93 bits per heavy atom. The molecule has 4 aromatic rings. The molecule has 2 heterocycles. The van der Waals surface area contributed by atoms with E-state index < -0.39 is 16.7 Å². The van der Waals surface area contributed by atoms with E-state index in [2.05, 4.69) is 25.6 Å². The fraction of sp³-hybridized carbons (Fsp3) is 0.167. The molecule has 0 amide bonds. The van der Waals surface area contributed by atoms with Gasteiger partial charge in [0, 0.05) is 22.4 Å². The molecule has 0 radical (unpaired) electrons. The van der Waals surface area contributed by atoms with E-state index in [-0.39, 0.29) is 11.7 Å². The molecule has 10 nitrogen and oxygen atoms in total. The average Bonchev–Trinajstić information content (AvgIpc) is 3.34. The van der Waals surface area contributed by atoms with Crippen LogP contribution in [0.15, 0.2) is 52.8 Å². The molecule has 2 aromatic carbocycles. The molecule has 0 bridgehead atoms. The number of aromatic nitrogens is 7. The third-order valence-electron chi connectivity index (χ3n) is 4.43. The van der Waals surface area contributed by atoms with Crippen molar-refractivity contribution in [2.24, 2.45) is 0 Å². The Hall–Kier alpha value is -3.67. The molecule has 2 aromatic heterocycles. The summed E-state index contributed by atoms with van der Waals surface area (Å²) in [6.07, 6.45) is 0. The molecule has 0 saturated heterocycles. The number of aryl methyl sites for hydroxylation is 2. The Morgan fingerprint density at radius 3 is 2.67 bits per heavy atom. The smallest absolute Gasteiger partial charge is 0.390 e. The van der Waals surface area contributed by atoms with Gasteiger partial charge in [-0.15, -0.1) is 5.10 Å². The number of hydrogen-bond donors (Lipinski definition) is 0. The van der Waals surface area contributed by atoms with Gasteiger partial charge in [-0.1, -0.05) is 24.3 Å². The molecule has 30 heavy (non-hydrogen) atoms. The van der Waals surface area contributed by atoms with Crippen molar-refractivity contribution in [2.45, 2.75) is 30.7 Å². The second-order valence-electron chi connectivity index (χ2n) is 6.44. The molecule has 152 valence electrons. The summed E-state index contributed by atoms with van der Waals surface area (Å²) in [7, 11) is 0. The van der Waals surface area contributed by atoms with E-state index in [9.17, 15) is 14.5 Å². The van der Waals surface area contributed by atoms with E-state index >= 15 is 0 Å². The quantitative estimate of drug-likeness (QED) is 0.341. The summed E-state index contributed by atoms with van der Waals surface area (Å²) in [5.74, 6) is -1.02. The Labute approximate surface area is 173 Å². The highest BCUT2D eigenvalue weighted by Gasteiger charge is 2.25. The fourth-order valence-electron chi connectivity index (χ4n) is 2.70. The summed E-state index contributed by atoms with van der Waals surface area (Å²) in [6.45, 7) is 3.95. The first kappa shape index (κ1) is 19.6. The van der Waals surface area contributed by atoms with E-state index in [1.807, 2.05) is 32.0 Å². The lowest BCUT2D eigenvalue weighted by molar-refractivity contribution is -0.394. The van der Waals surface area contributed by atoms with Crippen molar-refractivity contribution >= 4 is 17.7 Å². The summed E-state index contributed by atoms with van der Waals surface area (Å²) in [5.41, 5.74) is 3.26. The van der Waals surface area contributed by atoms with Crippen LogP contribution in [0.2, 0.25) is 0 Å². The number of hydrogen-bond acceptors (Lipinski definition) is 8. The SMILES string of the molecule is Cc1ccc(-n2nnnc2Sc2nc([N+](=O)[O-])nn2Cc2ccccc2F)cc1C. The maximum Gasteiger partial charge on any atom is 0.492 e. The zero-order valence-electron chi connectivity index (χ0n) is 15.9. The molecule has 0 aliphatic carbocycles. The van der Waals surface area contributed by atoms with Crippen LogP contribution in [-0.2, 0) is 6.54 Å². The Morgan fingerprint density at radius 1 is 1.13 bits per heavy atom. The molecule has 0 aliphatic rings. The van der Waals surface area contributed by atoms with Crippen molar-refractivity contribution in [3.05, 3.63) is 75.1 Å². The van der Waals surface area contributed by atoms with Crippen LogP contribution in [0.3, 0.4) is 0 Å². The van der Waals surface area contributed by atoms with E-state index in [1.165, 1.54) is 15.4 Å². The largest absolute Gasteiger partial charge is 0.492 e. The third kappa shape index (κ3) is 3.89. The highest BCUT2D eigenvalue weighted by Crippen LogP contribution is 2.28. The minimum absolute atomic E-state index is 0.0267. The molecule has 0 spiro atoms. The lowest BCUT2D eigenvalue weighted by Gasteiger charge is -2.06. The predicted molar refractivity (Wildman–Crippen MR) is 105 cm³/mol. The topological polar surface area (TPSA) is 117 Å². The van der Waals surface area contributed by atoms with Crippen LogP contribution in [0, 0.1) is 29.8 Å². The number of halogens is 1. The molecule has 0 unspecified atom stereocenters. The minimum Gasteiger partial charge on any atom is -0.390 e. The van der Waals surface area contributed by atoms with Crippen molar-refractivity contribution in [3.63, 3.8) is 0 Å². The highest BCUT2D eigenvalue weighted by atomic mass is 32.2. The van der Waals surface area contributed by atoms with Gasteiger partial charge in [0.05, 0.1) is 12.2 Å². The molecular formula is C18H15FN8O2S. The van der Waals surface area contributed by atoms with Gasteiger partial charge in [-0.2, -0.15) is 9.36 Å². The number of rotatable bonds is 6. The molecule has 0 aliphatic heterocycles. The van der Waals surface area contributed by atoms with Crippen LogP contribution >= 0.6 is 11.8 Å². The zero-order chi connectivity index (χ0) is 21.3. The normalized spacial score (nSPS) is 11.0. The molecule has 0 fully saturated rings. The van der Waals surface area contributed by atoms with Crippen LogP contribution in [0.25, 0.3) is 5.69 Å². The zero-order valence-corrected chi connectivity index (χ0v) is 16.7. The second-order valence-corrected chi connectivity index (χ2v) is 7.38. The molecule has 12 heteroatoms. The van der Waals surface area contributed by atoms with E-state index in [4.69, 9.17) is 0 Å². The van der Waals surface area contributed by atoms with E-state index in [1.54, 1.807) is 18.2 Å². The maximum atomic E-state index is 14.1. The van der Waals surface area contributed by atoms with E-state index in [0.717, 1.165) is 28.6 Å². The lowest BCUT2D eigenvalue weighted by atomic mass is 10.1. The van der Waals surface area contributed by atoms with Gasteiger partial charge >= 0.3 is 5.95 Å². The minimum atomic E-state index is -0.700. The van der Waals surface area contributed by atoms with Crippen LogP contribution in [0.5, 0.6) is 0 Å². The maximum absolute atomic E-state index is 14.1. The summed E-state index contributed by atoms with van der Waals surface area (Å²) < 4.78 is 16.8. The lowest BCUT2D eigenvalue weighted by Crippen LogP contribution is -2.06. The second kappa shape index (κ2) is 7.99. The fourth-order valence-corrected chi connectivity index (χ4v) is 3.51. The summed E-state index contributed by atoms with van der Waals surface area (Å²) >= 11 is 1.01. The average molecular weight is 426 g/mol. The molecule has 0 atom stereocenters. The van der Waals surface area contributed by atoms with Gasteiger partial charge in [0.25, 0.3) is 5.16 Å². The van der Waals surface area contributed by atoms with Gasteiger partial charge in [0.1, 0.15) is 5.82 Å². The molecule has 0 saturated carbocycles. The van der Waals surface area contributed by atoms with Crippen molar-refractivity contribution in [2.75, 3.05) is 0 Å². The summed E-state index contributed by atoms with van der Waals surface area (Å²) in [4.78, 5) is 14.4. The third-order valence-corrected chi connectivity index (χ3v) is 5.35. The van der Waals surface area contributed by atoms with Gasteiger partial charge < -0.3 is 10.1 Å². The van der Waals surface area contributed by atoms with E-state index in [0.29, 0.717) is 10.7 Å². The predicted octanol–water partition coefficient (Wildman–Crippen LogP) is 3.12. The Bertz CT molecular complexity index is 1240. The Balaban J connectivity index is 1.70. The first-order valence-corrected chi connectivity index (χ1v) is 9.60. The van der Waals surface area contributed by atoms with Crippen LogP contribution in [0.4, 0.5) is 10.3 Å². The van der Waals surface area contributed by atoms with Gasteiger partial charge in [-0.3, -0.25) is 0 Å². The number of benzene rings is 2.